The Labute approximate surface area is 103 Å². The molecule has 2 heterocycles. The maximum Gasteiger partial charge on any atom is 0.372 e. The van der Waals surface area contributed by atoms with Crippen LogP contribution in [0.3, 0.4) is 0 Å². The van der Waals surface area contributed by atoms with E-state index in [2.05, 4.69) is 15.3 Å². The molecule has 1 fully saturated rings. The van der Waals surface area contributed by atoms with Crippen molar-refractivity contribution in [2.45, 2.75) is 25.5 Å². The minimum Gasteiger partial charge on any atom is -0.476 e. The summed E-state index contributed by atoms with van der Waals surface area (Å²) in [5, 5.41) is 14.0. The van der Waals surface area contributed by atoms with Crippen molar-refractivity contribution in [2.24, 2.45) is 0 Å². The first kappa shape index (κ1) is 12.5. The second-order valence-corrected chi connectivity index (χ2v) is 3.95. The molecule has 0 aromatic carbocycles. The Morgan fingerprint density at radius 1 is 1.61 bits per heavy atom. The zero-order valence-electron chi connectivity index (χ0n) is 10.1. The van der Waals surface area contributed by atoms with Gasteiger partial charge in [0.2, 0.25) is 5.82 Å². The monoisotopic (exact) mass is 254 g/mol. The summed E-state index contributed by atoms with van der Waals surface area (Å²) in [6.45, 7) is 2.55. The summed E-state index contributed by atoms with van der Waals surface area (Å²) < 4.78 is 10.3. The SMILES string of the molecule is COc1ncnc(NC2CCOC2C)c1[N+](=O)[O-]. The van der Waals surface area contributed by atoms with Gasteiger partial charge in [-0.2, -0.15) is 4.98 Å². The summed E-state index contributed by atoms with van der Waals surface area (Å²) in [7, 11) is 1.33. The molecule has 8 heteroatoms. The second-order valence-electron chi connectivity index (χ2n) is 3.95. The number of nitro groups is 1. The Bertz CT molecular complexity index is 454. The maximum absolute atomic E-state index is 11.0. The largest absolute Gasteiger partial charge is 0.476 e. The molecule has 2 unspecified atom stereocenters. The van der Waals surface area contributed by atoms with Crippen LogP contribution in [-0.2, 0) is 4.74 Å². The molecule has 98 valence electrons. The average Bonchev–Trinajstić information content (AvgIpc) is 2.74. The van der Waals surface area contributed by atoms with E-state index in [1.807, 2.05) is 6.92 Å². The van der Waals surface area contributed by atoms with Crippen molar-refractivity contribution >= 4 is 11.5 Å². The summed E-state index contributed by atoms with van der Waals surface area (Å²) in [5.41, 5.74) is -0.251. The van der Waals surface area contributed by atoms with Gasteiger partial charge >= 0.3 is 5.69 Å². The fourth-order valence-electron chi connectivity index (χ4n) is 1.88. The van der Waals surface area contributed by atoms with Gasteiger partial charge in [-0.3, -0.25) is 10.1 Å². The van der Waals surface area contributed by atoms with E-state index in [0.717, 1.165) is 6.42 Å². The van der Waals surface area contributed by atoms with Crippen LogP contribution >= 0.6 is 0 Å². The highest BCUT2D eigenvalue weighted by Gasteiger charge is 2.30. The van der Waals surface area contributed by atoms with Gasteiger partial charge in [-0.15, -0.1) is 0 Å². The van der Waals surface area contributed by atoms with Gasteiger partial charge in [0.15, 0.2) is 0 Å². The fourth-order valence-corrected chi connectivity index (χ4v) is 1.88. The maximum atomic E-state index is 11.0. The molecular formula is C10H14N4O4. The Kier molecular flexibility index (Phi) is 3.56. The number of rotatable bonds is 4. The van der Waals surface area contributed by atoms with Crippen molar-refractivity contribution in [3.63, 3.8) is 0 Å². The fraction of sp³-hybridized carbons (Fsp3) is 0.600. The first-order chi connectivity index (χ1) is 8.63. The van der Waals surface area contributed by atoms with Crippen molar-refractivity contribution < 1.29 is 14.4 Å². The highest BCUT2D eigenvalue weighted by molar-refractivity contribution is 5.61. The molecule has 2 atom stereocenters. The first-order valence-electron chi connectivity index (χ1n) is 5.55. The number of anilines is 1. The number of methoxy groups -OCH3 is 1. The van der Waals surface area contributed by atoms with Crippen LogP contribution in [0.15, 0.2) is 6.33 Å². The lowest BCUT2D eigenvalue weighted by Gasteiger charge is -2.16. The van der Waals surface area contributed by atoms with Gasteiger partial charge in [0.05, 0.1) is 24.2 Å². The number of nitrogens with one attached hydrogen (secondary N) is 1. The summed E-state index contributed by atoms with van der Waals surface area (Å²) in [5.74, 6) is 0.110. The van der Waals surface area contributed by atoms with E-state index in [4.69, 9.17) is 9.47 Å². The van der Waals surface area contributed by atoms with Crippen LogP contribution in [0.5, 0.6) is 5.88 Å². The molecule has 0 bridgehead atoms. The van der Waals surface area contributed by atoms with Crippen molar-refractivity contribution in [3.05, 3.63) is 16.4 Å². The molecule has 1 aliphatic heterocycles. The highest BCUT2D eigenvalue weighted by Crippen LogP contribution is 2.32. The third kappa shape index (κ3) is 2.33. The van der Waals surface area contributed by atoms with Crippen molar-refractivity contribution in [3.8, 4) is 5.88 Å². The van der Waals surface area contributed by atoms with Gasteiger partial charge in [0.25, 0.3) is 5.88 Å². The molecular weight excluding hydrogens is 240 g/mol. The minimum absolute atomic E-state index is 0.00306. The van der Waals surface area contributed by atoms with Gasteiger partial charge in [-0.1, -0.05) is 0 Å². The smallest absolute Gasteiger partial charge is 0.372 e. The Morgan fingerprint density at radius 3 is 2.94 bits per heavy atom. The van der Waals surface area contributed by atoms with Gasteiger partial charge < -0.3 is 14.8 Å². The number of ether oxygens (including phenoxy) is 2. The topological polar surface area (TPSA) is 99.4 Å². The zero-order chi connectivity index (χ0) is 13.1. The Balaban J connectivity index is 2.29. The number of hydrogen-bond acceptors (Lipinski definition) is 7. The van der Waals surface area contributed by atoms with Crippen LogP contribution in [0.4, 0.5) is 11.5 Å². The third-order valence-electron chi connectivity index (χ3n) is 2.86. The van der Waals surface area contributed by atoms with Gasteiger partial charge in [-0.25, -0.2) is 4.98 Å². The van der Waals surface area contributed by atoms with Crippen LogP contribution in [0.25, 0.3) is 0 Å². The van der Waals surface area contributed by atoms with Crippen LogP contribution in [-0.4, -0.2) is 40.8 Å². The van der Waals surface area contributed by atoms with E-state index in [-0.39, 0.29) is 29.5 Å². The molecule has 0 radical (unpaired) electrons. The normalized spacial score (nSPS) is 22.8. The number of hydrogen-bond donors (Lipinski definition) is 1. The lowest BCUT2D eigenvalue weighted by molar-refractivity contribution is -0.385. The molecule has 1 N–H and O–H groups in total. The van der Waals surface area contributed by atoms with Crippen molar-refractivity contribution in [2.75, 3.05) is 19.0 Å². The third-order valence-corrected chi connectivity index (χ3v) is 2.86. The van der Waals surface area contributed by atoms with Crippen LogP contribution in [0, 0.1) is 10.1 Å². The van der Waals surface area contributed by atoms with E-state index in [9.17, 15) is 10.1 Å². The molecule has 1 saturated heterocycles. The Morgan fingerprint density at radius 2 is 2.39 bits per heavy atom. The summed E-state index contributed by atoms with van der Waals surface area (Å²) in [6, 6.07) is 0.00306. The molecule has 0 amide bonds. The molecule has 2 rings (SSSR count). The van der Waals surface area contributed by atoms with Gasteiger partial charge in [0, 0.05) is 6.61 Å². The van der Waals surface area contributed by atoms with Crippen LogP contribution < -0.4 is 10.1 Å². The van der Waals surface area contributed by atoms with Crippen LogP contribution in [0.1, 0.15) is 13.3 Å². The summed E-state index contributed by atoms with van der Waals surface area (Å²) in [6.07, 6.45) is 2.00. The van der Waals surface area contributed by atoms with Crippen LogP contribution in [0.2, 0.25) is 0 Å². The lowest BCUT2D eigenvalue weighted by Crippen LogP contribution is -2.27. The summed E-state index contributed by atoms with van der Waals surface area (Å²) in [4.78, 5) is 18.1. The zero-order valence-corrected chi connectivity index (χ0v) is 10.1. The highest BCUT2D eigenvalue weighted by atomic mass is 16.6. The Hall–Kier alpha value is -1.96. The van der Waals surface area contributed by atoms with E-state index >= 15 is 0 Å². The lowest BCUT2D eigenvalue weighted by atomic mass is 10.1. The number of aromatic nitrogens is 2. The number of nitrogens with zero attached hydrogens (tertiary/aromatic N) is 3. The second kappa shape index (κ2) is 5.13. The van der Waals surface area contributed by atoms with Crippen molar-refractivity contribution in [1.82, 2.24) is 9.97 Å². The molecule has 8 nitrogen and oxygen atoms in total. The minimum atomic E-state index is -0.554. The van der Waals surface area contributed by atoms with Gasteiger partial charge in [0.1, 0.15) is 6.33 Å². The van der Waals surface area contributed by atoms with Gasteiger partial charge in [-0.05, 0) is 13.3 Å². The molecule has 0 saturated carbocycles. The standard InChI is InChI=1S/C10H14N4O4/c1-6-7(3-4-18-6)13-9-8(14(15)16)10(17-2)12-5-11-9/h5-7H,3-4H2,1-2H3,(H,11,12,13). The molecule has 1 aliphatic rings. The molecule has 1 aromatic rings. The van der Waals surface area contributed by atoms with E-state index < -0.39 is 4.92 Å². The van der Waals surface area contributed by atoms with E-state index in [0.29, 0.717) is 6.61 Å². The molecule has 0 aliphatic carbocycles. The molecule has 1 aromatic heterocycles. The van der Waals surface area contributed by atoms with Crippen molar-refractivity contribution in [1.29, 1.82) is 0 Å². The predicted molar refractivity (Wildman–Crippen MR) is 62.7 cm³/mol. The predicted octanol–water partition coefficient (Wildman–Crippen LogP) is 0.983. The molecule has 18 heavy (non-hydrogen) atoms. The van der Waals surface area contributed by atoms with E-state index in [1.54, 1.807) is 0 Å². The quantitative estimate of drug-likeness (QED) is 0.631. The molecule has 0 spiro atoms. The van der Waals surface area contributed by atoms with E-state index in [1.165, 1.54) is 13.4 Å². The average molecular weight is 254 g/mol. The first-order valence-corrected chi connectivity index (χ1v) is 5.55. The summed E-state index contributed by atoms with van der Waals surface area (Å²) >= 11 is 0.